The van der Waals surface area contributed by atoms with Crippen molar-refractivity contribution in [1.29, 1.82) is 0 Å². The van der Waals surface area contributed by atoms with Crippen molar-refractivity contribution in [2.24, 2.45) is 0 Å². The molecule has 2 heterocycles. The lowest BCUT2D eigenvalue weighted by molar-refractivity contribution is 0.0484. The van der Waals surface area contributed by atoms with Gasteiger partial charge in [0.15, 0.2) is 5.95 Å². The first kappa shape index (κ1) is 48.8. The van der Waals surface area contributed by atoms with E-state index in [1.165, 1.54) is 31.1 Å². The number of imidazole rings is 1. The minimum Gasteiger partial charge on any atom is -0.497 e. The fourth-order valence-electron chi connectivity index (χ4n) is 7.20. The summed E-state index contributed by atoms with van der Waals surface area (Å²) in [5, 5.41) is 26.1. The summed E-state index contributed by atoms with van der Waals surface area (Å²) in [6, 6.07) is 27.2. The number of aromatic amines is 1. The van der Waals surface area contributed by atoms with Crippen LogP contribution in [-0.4, -0.2) is 109 Å². The van der Waals surface area contributed by atoms with Gasteiger partial charge in [0.1, 0.15) is 32.6 Å². The van der Waals surface area contributed by atoms with Gasteiger partial charge in [0.25, 0.3) is 0 Å². The second-order valence-corrected chi connectivity index (χ2v) is 20.1. The third-order valence-electron chi connectivity index (χ3n) is 10.5. The SMILES string of the molecule is COc1ccc(CN(Cc2ccc(OC)cc2)S(=O)(=O)c2c(S(=O)(=O)NC[C@@H](CO)NC(=O)OC(C)(C)C)ccc(-c3cccc4[nH]c(N)nc34)c2-c2nnn(Cc3ccc(OC)cc3)n2)cc1. The van der Waals surface area contributed by atoms with Crippen LogP contribution in [0, 0.1) is 0 Å². The zero-order valence-corrected chi connectivity index (χ0v) is 39.8. The van der Waals surface area contributed by atoms with Crippen molar-refractivity contribution < 1.29 is 45.7 Å². The number of hydrogen-bond donors (Lipinski definition) is 5. The molecule has 20 nitrogen and oxygen atoms in total. The summed E-state index contributed by atoms with van der Waals surface area (Å²) in [5.74, 6) is 1.54. The van der Waals surface area contributed by atoms with Crippen molar-refractivity contribution in [2.45, 2.75) is 61.8 Å². The molecular formula is C46H52N10O10S2. The average Bonchev–Trinajstić information content (AvgIpc) is 3.95. The Labute approximate surface area is 393 Å². The lowest BCUT2D eigenvalue weighted by atomic mass is 9.98. The number of sulfonamides is 2. The zero-order chi connectivity index (χ0) is 48.8. The number of carbonyl (C=O) groups excluding carboxylic acids is 1. The molecule has 0 saturated heterocycles. The number of methoxy groups -OCH3 is 3. The van der Waals surface area contributed by atoms with Gasteiger partial charge in [-0.15, -0.1) is 10.2 Å². The summed E-state index contributed by atoms with van der Waals surface area (Å²) in [6.45, 7) is 3.26. The molecule has 7 aromatic rings. The van der Waals surface area contributed by atoms with Gasteiger partial charge in [-0.05, 0) is 96.8 Å². The first-order chi connectivity index (χ1) is 32.4. The van der Waals surface area contributed by atoms with Gasteiger partial charge in [-0.25, -0.2) is 31.3 Å². The van der Waals surface area contributed by atoms with Crippen molar-refractivity contribution >= 4 is 43.1 Å². The first-order valence-corrected chi connectivity index (χ1v) is 24.0. The number of rotatable bonds is 19. The van der Waals surface area contributed by atoms with Gasteiger partial charge in [0, 0.05) is 25.2 Å². The number of aliphatic hydroxyl groups excluding tert-OH is 1. The summed E-state index contributed by atoms with van der Waals surface area (Å²) in [5.41, 5.74) is 8.27. The van der Waals surface area contributed by atoms with Crippen LogP contribution in [0.4, 0.5) is 10.7 Å². The van der Waals surface area contributed by atoms with Gasteiger partial charge in [-0.3, -0.25) is 0 Å². The fraction of sp³-hybridized carbons (Fsp3) is 0.283. The molecule has 0 bridgehead atoms. The number of fused-ring (bicyclic) bond motifs is 1. The van der Waals surface area contributed by atoms with Gasteiger partial charge >= 0.3 is 6.09 Å². The molecule has 2 aromatic heterocycles. The molecule has 7 rings (SSSR count). The van der Waals surface area contributed by atoms with E-state index in [0.717, 1.165) is 9.87 Å². The Hall–Kier alpha value is -7.11. The molecule has 1 atom stereocenters. The average molecular weight is 969 g/mol. The van der Waals surface area contributed by atoms with Crippen molar-refractivity contribution in [1.82, 2.24) is 44.5 Å². The number of alkyl carbamates (subject to hydrolysis) is 1. The van der Waals surface area contributed by atoms with Crippen LogP contribution >= 0.6 is 0 Å². The van der Waals surface area contributed by atoms with Crippen LogP contribution in [0.5, 0.6) is 17.2 Å². The maximum Gasteiger partial charge on any atom is 0.407 e. The number of para-hydroxylation sites is 1. The number of tetrazole rings is 1. The highest BCUT2D eigenvalue weighted by molar-refractivity contribution is 7.92. The number of anilines is 1. The number of amides is 1. The summed E-state index contributed by atoms with van der Waals surface area (Å²) >= 11 is 0. The Morgan fingerprint density at radius 3 is 1.93 bits per heavy atom. The van der Waals surface area contributed by atoms with Gasteiger partial charge in [0.05, 0.1) is 57.1 Å². The van der Waals surface area contributed by atoms with Crippen LogP contribution in [0.3, 0.4) is 0 Å². The number of nitrogens with one attached hydrogen (secondary N) is 3. The van der Waals surface area contributed by atoms with Gasteiger partial charge in [-0.1, -0.05) is 54.6 Å². The van der Waals surface area contributed by atoms with E-state index in [1.54, 1.807) is 119 Å². The van der Waals surface area contributed by atoms with Crippen LogP contribution in [-0.2, 0) is 44.4 Å². The van der Waals surface area contributed by atoms with E-state index in [-0.39, 0.29) is 42.5 Å². The highest BCUT2D eigenvalue weighted by Crippen LogP contribution is 2.43. The normalized spacial score (nSPS) is 12.5. The number of aliphatic hydroxyl groups is 1. The monoisotopic (exact) mass is 968 g/mol. The van der Waals surface area contributed by atoms with Crippen LogP contribution in [0.15, 0.2) is 113 Å². The minimum absolute atomic E-state index is 0.0809. The van der Waals surface area contributed by atoms with Crippen molar-refractivity contribution in [2.75, 3.05) is 40.2 Å². The van der Waals surface area contributed by atoms with E-state index in [9.17, 15) is 18.3 Å². The number of hydrogen-bond acceptors (Lipinski definition) is 15. The minimum atomic E-state index is -5.01. The molecule has 358 valence electrons. The van der Waals surface area contributed by atoms with Gasteiger partial charge in [0.2, 0.25) is 25.9 Å². The number of nitrogen functional groups attached to an aromatic ring is 1. The van der Waals surface area contributed by atoms with E-state index >= 15 is 8.42 Å². The molecule has 0 aliphatic rings. The molecule has 0 spiro atoms. The predicted molar refractivity (Wildman–Crippen MR) is 253 cm³/mol. The standard InChI is InChI=1S/C46H52N10O10S2/c1-46(2,3)66-45(58)49-32(28-57)24-48-67(59,60)39-23-22-36(37-8-7-9-38-41(37)51-44(47)50-38)40(43-52-54-56(53-43)27-31-14-20-35(65-6)21-15-31)42(39)68(61,62)55(25-29-10-16-33(63-4)17-11-29)26-30-12-18-34(64-5)19-13-30/h7-23,32,48,57H,24-28H2,1-6H3,(H,49,58)(H3,47,50,51)/t32-/m0/s1. The topological polar surface area (TPSA) is 268 Å². The van der Waals surface area contributed by atoms with Gasteiger partial charge in [-0.2, -0.15) is 9.10 Å². The van der Waals surface area contributed by atoms with Crippen LogP contribution in [0.2, 0.25) is 0 Å². The lowest BCUT2D eigenvalue weighted by Gasteiger charge is -2.26. The highest BCUT2D eigenvalue weighted by atomic mass is 32.2. The fourth-order valence-corrected chi connectivity index (χ4v) is 10.7. The van der Waals surface area contributed by atoms with Crippen LogP contribution in [0.1, 0.15) is 37.5 Å². The van der Waals surface area contributed by atoms with Crippen molar-refractivity contribution in [3.05, 3.63) is 120 Å². The third-order valence-corrected chi connectivity index (χ3v) is 14.0. The number of aromatic nitrogens is 6. The van der Waals surface area contributed by atoms with E-state index in [2.05, 4.69) is 30.3 Å². The quantitative estimate of drug-likeness (QED) is 0.0706. The van der Waals surface area contributed by atoms with Gasteiger partial charge < -0.3 is 40.1 Å². The molecule has 0 aliphatic heterocycles. The molecule has 0 saturated carbocycles. The van der Waals surface area contributed by atoms with Crippen LogP contribution < -0.4 is 30.0 Å². The van der Waals surface area contributed by atoms with E-state index in [0.29, 0.717) is 45.0 Å². The number of benzene rings is 5. The molecule has 0 unspecified atom stereocenters. The molecule has 68 heavy (non-hydrogen) atoms. The third kappa shape index (κ3) is 11.3. The number of H-pyrrole nitrogens is 1. The maximum atomic E-state index is 16.1. The largest absolute Gasteiger partial charge is 0.497 e. The summed E-state index contributed by atoms with van der Waals surface area (Å²) in [6.07, 6.45) is -0.907. The van der Waals surface area contributed by atoms with E-state index in [4.69, 9.17) is 29.8 Å². The molecule has 6 N–H and O–H groups in total. The lowest BCUT2D eigenvalue weighted by Crippen LogP contribution is -2.47. The number of nitrogens with two attached hydrogens (primary N) is 1. The number of nitrogens with zero attached hydrogens (tertiary/aromatic N) is 6. The smallest absolute Gasteiger partial charge is 0.407 e. The van der Waals surface area contributed by atoms with E-state index < -0.39 is 60.7 Å². The summed E-state index contributed by atoms with van der Waals surface area (Å²) in [4.78, 5) is 20.1. The summed E-state index contributed by atoms with van der Waals surface area (Å²) in [7, 11) is -5.34. The number of ether oxygens (including phenoxy) is 4. The first-order valence-electron chi connectivity index (χ1n) is 21.1. The second kappa shape index (κ2) is 20.4. The van der Waals surface area contributed by atoms with E-state index in [1.807, 2.05) is 0 Å². The van der Waals surface area contributed by atoms with Crippen LogP contribution in [0.25, 0.3) is 33.5 Å². The predicted octanol–water partition coefficient (Wildman–Crippen LogP) is 5.09. The molecule has 22 heteroatoms. The molecular weight excluding hydrogens is 917 g/mol. The van der Waals surface area contributed by atoms with Crippen molar-refractivity contribution in [3.63, 3.8) is 0 Å². The molecule has 1 amide bonds. The Balaban J connectivity index is 1.47. The van der Waals surface area contributed by atoms with Crippen molar-refractivity contribution in [3.8, 4) is 39.8 Å². The maximum absolute atomic E-state index is 16.1. The zero-order valence-electron chi connectivity index (χ0n) is 38.1. The Morgan fingerprint density at radius 1 is 0.809 bits per heavy atom. The molecule has 0 aliphatic carbocycles. The molecule has 0 radical (unpaired) electrons. The molecule has 5 aromatic carbocycles. The molecule has 0 fully saturated rings. The Bertz CT molecular complexity index is 3050. The highest BCUT2D eigenvalue weighted by Gasteiger charge is 2.38. The summed E-state index contributed by atoms with van der Waals surface area (Å²) < 4.78 is 86.9. The number of carbonyl (C=O) groups is 1. The Kier molecular flexibility index (Phi) is 14.6. The second-order valence-electron chi connectivity index (χ2n) is 16.5. The Morgan fingerprint density at radius 2 is 1.38 bits per heavy atom.